The average Bonchev–Trinajstić information content (AvgIpc) is 2.88. The first-order chi connectivity index (χ1) is 10.0. The minimum Gasteiger partial charge on any atom is -0.308 e. The van der Waals surface area contributed by atoms with E-state index in [2.05, 4.69) is 21.2 Å². The molecule has 3 rings (SSSR count). The standard InChI is InChI=1S/C14H11BrN2O2S2/c1-2-5-17-9-4-3-7(15)6-8(9)10(13(17)19)11-12(18)16-14(20)21-11/h3-4,6H,2,5H2,1H3,(H,16,18,20)/b11-10-. The van der Waals surface area contributed by atoms with E-state index < -0.39 is 0 Å². The molecule has 0 bridgehead atoms. The molecule has 0 radical (unpaired) electrons. The van der Waals surface area contributed by atoms with E-state index in [0.717, 1.165) is 33.9 Å². The van der Waals surface area contributed by atoms with Gasteiger partial charge in [0.15, 0.2) is 0 Å². The number of nitrogens with one attached hydrogen (secondary N) is 1. The highest BCUT2D eigenvalue weighted by atomic mass is 79.9. The van der Waals surface area contributed by atoms with Crippen LogP contribution in [0.25, 0.3) is 5.57 Å². The SMILES string of the molecule is CCCN1C(=O)/C(=C2\SC(=S)NC2=O)c2cc(Br)ccc21. The Hall–Kier alpha value is -1.18. The fraction of sp³-hybridized carbons (Fsp3) is 0.214. The van der Waals surface area contributed by atoms with Crippen molar-refractivity contribution < 1.29 is 9.59 Å². The molecule has 0 aliphatic carbocycles. The van der Waals surface area contributed by atoms with Gasteiger partial charge in [-0.3, -0.25) is 9.59 Å². The number of thiocarbonyl (C=S) groups is 1. The van der Waals surface area contributed by atoms with Gasteiger partial charge in [0.1, 0.15) is 4.32 Å². The molecule has 0 saturated carbocycles. The predicted octanol–water partition coefficient (Wildman–Crippen LogP) is 3.06. The average molecular weight is 383 g/mol. The molecule has 1 N–H and O–H groups in total. The number of hydrogen-bond acceptors (Lipinski definition) is 4. The second kappa shape index (κ2) is 5.55. The fourth-order valence-electron chi connectivity index (χ4n) is 2.45. The van der Waals surface area contributed by atoms with Gasteiger partial charge in [0.05, 0.1) is 16.2 Å². The molecule has 2 amide bonds. The Labute approximate surface area is 140 Å². The van der Waals surface area contributed by atoms with Gasteiger partial charge in [0.25, 0.3) is 11.8 Å². The van der Waals surface area contributed by atoms with Crippen LogP contribution < -0.4 is 10.2 Å². The normalized spacial score (nSPS) is 21.0. The molecule has 0 atom stereocenters. The molecule has 1 aromatic carbocycles. The maximum atomic E-state index is 12.7. The Kier molecular flexibility index (Phi) is 3.90. The largest absolute Gasteiger partial charge is 0.308 e. The van der Waals surface area contributed by atoms with Crippen molar-refractivity contribution in [3.63, 3.8) is 0 Å². The Bertz CT molecular complexity index is 715. The molecule has 7 heteroatoms. The van der Waals surface area contributed by atoms with E-state index in [4.69, 9.17) is 12.2 Å². The summed E-state index contributed by atoms with van der Waals surface area (Å²) >= 11 is 9.59. The maximum Gasteiger partial charge on any atom is 0.264 e. The Morgan fingerprint density at radius 2 is 2.14 bits per heavy atom. The zero-order chi connectivity index (χ0) is 15.1. The summed E-state index contributed by atoms with van der Waals surface area (Å²) in [6.07, 6.45) is 0.849. The van der Waals surface area contributed by atoms with E-state index >= 15 is 0 Å². The van der Waals surface area contributed by atoms with Crippen molar-refractivity contribution in [2.75, 3.05) is 11.4 Å². The lowest BCUT2D eigenvalue weighted by atomic mass is 10.1. The van der Waals surface area contributed by atoms with Gasteiger partial charge >= 0.3 is 0 Å². The number of thioether (sulfide) groups is 1. The van der Waals surface area contributed by atoms with E-state index in [1.807, 2.05) is 25.1 Å². The van der Waals surface area contributed by atoms with Crippen LogP contribution in [0.4, 0.5) is 5.69 Å². The number of hydrogen-bond donors (Lipinski definition) is 1. The third kappa shape index (κ3) is 2.43. The second-order valence-corrected chi connectivity index (χ2v) is 7.27. The molecule has 2 aliphatic heterocycles. The van der Waals surface area contributed by atoms with Gasteiger partial charge in [-0.15, -0.1) is 0 Å². The molecule has 0 spiro atoms. The smallest absolute Gasteiger partial charge is 0.264 e. The van der Waals surface area contributed by atoms with Crippen molar-refractivity contribution in [2.24, 2.45) is 0 Å². The van der Waals surface area contributed by atoms with Gasteiger partial charge in [0, 0.05) is 16.6 Å². The fourth-order valence-corrected chi connectivity index (χ4v) is 3.92. The number of benzene rings is 1. The number of anilines is 1. The van der Waals surface area contributed by atoms with Crippen LogP contribution in [0.2, 0.25) is 0 Å². The summed E-state index contributed by atoms with van der Waals surface area (Å²) in [4.78, 5) is 26.8. The maximum absolute atomic E-state index is 12.7. The lowest BCUT2D eigenvalue weighted by Gasteiger charge is -2.15. The number of nitrogens with zero attached hydrogens (tertiary/aromatic N) is 1. The third-order valence-corrected chi connectivity index (χ3v) is 5.00. The van der Waals surface area contributed by atoms with Gasteiger partial charge in [-0.2, -0.15) is 0 Å². The van der Waals surface area contributed by atoms with Crippen molar-refractivity contribution in [3.05, 3.63) is 33.1 Å². The topological polar surface area (TPSA) is 49.4 Å². The number of amides is 2. The molecule has 21 heavy (non-hydrogen) atoms. The van der Waals surface area contributed by atoms with Gasteiger partial charge in [-0.25, -0.2) is 0 Å². The van der Waals surface area contributed by atoms with Crippen molar-refractivity contribution in [2.45, 2.75) is 13.3 Å². The molecule has 1 aromatic rings. The minimum absolute atomic E-state index is 0.132. The molecule has 4 nitrogen and oxygen atoms in total. The van der Waals surface area contributed by atoms with E-state index in [0.29, 0.717) is 21.3 Å². The second-order valence-electron chi connectivity index (χ2n) is 4.67. The summed E-state index contributed by atoms with van der Waals surface area (Å²) in [6.45, 7) is 2.64. The number of carbonyl (C=O) groups excluding carboxylic acids is 2. The van der Waals surface area contributed by atoms with E-state index in [1.54, 1.807) is 4.90 Å². The molecule has 0 aromatic heterocycles. The Morgan fingerprint density at radius 1 is 1.38 bits per heavy atom. The van der Waals surface area contributed by atoms with Gasteiger partial charge in [-0.1, -0.05) is 46.8 Å². The van der Waals surface area contributed by atoms with Gasteiger partial charge in [-0.05, 0) is 24.6 Å². The highest BCUT2D eigenvalue weighted by molar-refractivity contribution is 9.10. The Morgan fingerprint density at radius 3 is 2.76 bits per heavy atom. The molecule has 2 aliphatic rings. The molecular formula is C14H11BrN2O2S2. The highest BCUT2D eigenvalue weighted by Gasteiger charge is 2.38. The van der Waals surface area contributed by atoms with Crippen molar-refractivity contribution in [3.8, 4) is 0 Å². The molecule has 0 unspecified atom stereocenters. The van der Waals surface area contributed by atoms with E-state index in [9.17, 15) is 9.59 Å². The van der Waals surface area contributed by atoms with Crippen LogP contribution in [0.5, 0.6) is 0 Å². The molecule has 1 fully saturated rings. The molecule has 2 heterocycles. The number of rotatable bonds is 2. The first-order valence-corrected chi connectivity index (χ1v) is 8.44. The predicted molar refractivity (Wildman–Crippen MR) is 92.0 cm³/mol. The quantitative estimate of drug-likeness (QED) is 0.630. The van der Waals surface area contributed by atoms with E-state index in [-0.39, 0.29) is 11.8 Å². The van der Waals surface area contributed by atoms with Crippen LogP contribution in [-0.2, 0) is 9.59 Å². The summed E-state index contributed by atoms with van der Waals surface area (Å²) in [5, 5.41) is 2.57. The van der Waals surface area contributed by atoms with Crippen LogP contribution >= 0.6 is 39.9 Å². The van der Waals surface area contributed by atoms with Crippen LogP contribution in [0.15, 0.2) is 27.6 Å². The van der Waals surface area contributed by atoms with Crippen LogP contribution in [-0.4, -0.2) is 22.7 Å². The van der Waals surface area contributed by atoms with Crippen LogP contribution in [0, 0.1) is 0 Å². The summed E-state index contributed by atoms with van der Waals surface area (Å²) in [7, 11) is 0. The minimum atomic E-state index is -0.294. The summed E-state index contributed by atoms with van der Waals surface area (Å²) < 4.78 is 1.26. The lowest BCUT2D eigenvalue weighted by Crippen LogP contribution is -2.27. The highest BCUT2D eigenvalue weighted by Crippen LogP contribution is 2.43. The van der Waals surface area contributed by atoms with Crippen molar-refractivity contribution >= 4 is 67.3 Å². The molecule has 1 saturated heterocycles. The monoisotopic (exact) mass is 382 g/mol. The van der Waals surface area contributed by atoms with E-state index in [1.165, 1.54) is 0 Å². The number of halogens is 1. The lowest BCUT2D eigenvalue weighted by molar-refractivity contribution is -0.116. The van der Waals surface area contributed by atoms with Crippen molar-refractivity contribution in [1.82, 2.24) is 5.32 Å². The van der Waals surface area contributed by atoms with Gasteiger partial charge in [0.2, 0.25) is 0 Å². The number of fused-ring (bicyclic) bond motifs is 1. The first kappa shape index (κ1) is 14.7. The number of carbonyl (C=O) groups is 2. The molecular weight excluding hydrogens is 372 g/mol. The first-order valence-electron chi connectivity index (χ1n) is 6.42. The van der Waals surface area contributed by atoms with Crippen LogP contribution in [0.1, 0.15) is 18.9 Å². The van der Waals surface area contributed by atoms with Crippen molar-refractivity contribution in [1.29, 1.82) is 0 Å². The third-order valence-electron chi connectivity index (χ3n) is 3.27. The zero-order valence-electron chi connectivity index (χ0n) is 11.1. The van der Waals surface area contributed by atoms with Crippen LogP contribution in [0.3, 0.4) is 0 Å². The summed E-state index contributed by atoms with van der Waals surface area (Å²) in [5.74, 6) is -0.426. The Balaban J connectivity index is 2.21. The molecule has 108 valence electrons. The zero-order valence-corrected chi connectivity index (χ0v) is 14.3. The summed E-state index contributed by atoms with van der Waals surface area (Å²) in [5.41, 5.74) is 2.08. The summed E-state index contributed by atoms with van der Waals surface area (Å²) in [6, 6.07) is 5.67. The van der Waals surface area contributed by atoms with Gasteiger partial charge < -0.3 is 10.2 Å².